The highest BCUT2D eigenvalue weighted by Gasteiger charge is 2.15. The Hall–Kier alpha value is -0.840. The second kappa shape index (κ2) is 7.25. The van der Waals surface area contributed by atoms with Gasteiger partial charge in [-0.05, 0) is 34.7 Å². The molecule has 1 N–H and O–H groups in total. The van der Waals surface area contributed by atoms with E-state index in [0.29, 0.717) is 23.0 Å². The molecule has 1 heterocycles. The second-order valence-electron chi connectivity index (χ2n) is 6.09. The van der Waals surface area contributed by atoms with Crippen LogP contribution < -0.4 is 10.9 Å². The van der Waals surface area contributed by atoms with Gasteiger partial charge in [0, 0.05) is 12.6 Å². The molecule has 112 valence electrons. The summed E-state index contributed by atoms with van der Waals surface area (Å²) in [5, 5.41) is 7.77. The summed E-state index contributed by atoms with van der Waals surface area (Å²) in [5.74, 6) is 0.410. The number of aromatic nitrogens is 2. The minimum atomic E-state index is -0.0441. The van der Waals surface area contributed by atoms with Gasteiger partial charge in [0.2, 0.25) is 0 Å². The summed E-state index contributed by atoms with van der Waals surface area (Å²) in [5.41, 5.74) is 0.791. The molecule has 1 aromatic rings. The van der Waals surface area contributed by atoms with Crippen LogP contribution in [0.2, 0.25) is 0 Å². The molecule has 0 bridgehead atoms. The van der Waals surface area contributed by atoms with Gasteiger partial charge < -0.3 is 5.32 Å². The number of rotatable bonds is 4. The fourth-order valence-corrected chi connectivity index (χ4v) is 3.11. The Balaban J connectivity index is 2.12. The van der Waals surface area contributed by atoms with Crippen LogP contribution in [0.1, 0.15) is 52.4 Å². The second-order valence-corrected chi connectivity index (χ2v) is 6.88. The van der Waals surface area contributed by atoms with Crippen molar-refractivity contribution >= 4 is 21.6 Å². The van der Waals surface area contributed by atoms with Crippen LogP contribution >= 0.6 is 15.9 Å². The summed E-state index contributed by atoms with van der Waals surface area (Å²) in [4.78, 5) is 12.2. The zero-order valence-electron chi connectivity index (χ0n) is 12.4. The molecule has 0 amide bonds. The maximum absolute atomic E-state index is 12.2. The van der Waals surface area contributed by atoms with Gasteiger partial charge in [-0.15, -0.1) is 0 Å². The minimum Gasteiger partial charge on any atom is -0.380 e. The van der Waals surface area contributed by atoms with Gasteiger partial charge >= 0.3 is 0 Å². The Bertz CT molecular complexity index is 490. The average Bonchev–Trinajstić information content (AvgIpc) is 2.66. The lowest BCUT2D eigenvalue weighted by atomic mass is 10.1. The molecule has 2 rings (SSSR count). The molecule has 0 spiro atoms. The number of hydrogen-bond donors (Lipinski definition) is 1. The SMILES string of the molecule is CC(C)Cn1ncc(NC2CCCCCC2)c(Br)c1=O. The quantitative estimate of drug-likeness (QED) is 0.847. The Kier molecular flexibility index (Phi) is 5.64. The van der Waals surface area contributed by atoms with Crippen LogP contribution in [0.4, 0.5) is 5.69 Å². The van der Waals surface area contributed by atoms with E-state index in [9.17, 15) is 4.79 Å². The molecule has 1 aliphatic rings. The first-order chi connectivity index (χ1) is 9.58. The lowest BCUT2D eigenvalue weighted by Gasteiger charge is -2.19. The van der Waals surface area contributed by atoms with Gasteiger partial charge in [-0.2, -0.15) is 5.10 Å². The summed E-state index contributed by atoms with van der Waals surface area (Å²) in [6.45, 7) is 4.82. The molecule has 0 saturated heterocycles. The fourth-order valence-electron chi connectivity index (χ4n) is 2.69. The van der Waals surface area contributed by atoms with E-state index in [-0.39, 0.29) is 5.56 Å². The van der Waals surface area contributed by atoms with E-state index in [4.69, 9.17) is 0 Å². The van der Waals surface area contributed by atoms with Crippen molar-refractivity contribution in [2.45, 2.75) is 65.0 Å². The van der Waals surface area contributed by atoms with Gasteiger partial charge in [0.1, 0.15) is 4.47 Å². The van der Waals surface area contributed by atoms with E-state index >= 15 is 0 Å². The van der Waals surface area contributed by atoms with E-state index in [1.54, 1.807) is 6.20 Å². The van der Waals surface area contributed by atoms with Gasteiger partial charge in [-0.25, -0.2) is 4.68 Å². The summed E-state index contributed by atoms with van der Waals surface area (Å²) in [7, 11) is 0. The Labute approximate surface area is 129 Å². The van der Waals surface area contributed by atoms with Gasteiger partial charge in [0.15, 0.2) is 0 Å². The average molecular weight is 342 g/mol. The monoisotopic (exact) mass is 341 g/mol. The van der Waals surface area contributed by atoms with E-state index in [2.05, 4.69) is 40.2 Å². The van der Waals surface area contributed by atoms with E-state index < -0.39 is 0 Å². The summed E-state index contributed by atoms with van der Waals surface area (Å²) >= 11 is 3.43. The van der Waals surface area contributed by atoms with Gasteiger partial charge in [-0.3, -0.25) is 4.79 Å². The van der Waals surface area contributed by atoms with E-state index in [1.165, 1.54) is 43.2 Å². The molecule has 1 fully saturated rings. The Morgan fingerprint density at radius 3 is 2.60 bits per heavy atom. The maximum atomic E-state index is 12.2. The Morgan fingerprint density at radius 2 is 2.00 bits per heavy atom. The third kappa shape index (κ3) is 4.08. The number of anilines is 1. The van der Waals surface area contributed by atoms with Crippen molar-refractivity contribution in [3.05, 3.63) is 21.0 Å². The molecule has 1 saturated carbocycles. The van der Waals surface area contributed by atoms with Crippen molar-refractivity contribution in [3.8, 4) is 0 Å². The topological polar surface area (TPSA) is 46.9 Å². The van der Waals surface area contributed by atoms with Crippen LogP contribution in [-0.4, -0.2) is 15.8 Å². The van der Waals surface area contributed by atoms with E-state index in [1.807, 2.05) is 0 Å². The van der Waals surface area contributed by atoms with Crippen molar-refractivity contribution in [2.75, 3.05) is 5.32 Å². The molecular weight excluding hydrogens is 318 g/mol. The van der Waals surface area contributed by atoms with E-state index in [0.717, 1.165) is 5.69 Å². The largest absolute Gasteiger partial charge is 0.380 e. The highest BCUT2D eigenvalue weighted by atomic mass is 79.9. The highest BCUT2D eigenvalue weighted by molar-refractivity contribution is 9.10. The summed E-state index contributed by atoms with van der Waals surface area (Å²) < 4.78 is 2.14. The number of halogens is 1. The molecule has 5 heteroatoms. The van der Waals surface area contributed by atoms with Crippen LogP contribution in [0, 0.1) is 5.92 Å². The van der Waals surface area contributed by atoms with Gasteiger partial charge in [0.05, 0.1) is 11.9 Å². The van der Waals surface area contributed by atoms with Gasteiger partial charge in [-0.1, -0.05) is 39.5 Å². The van der Waals surface area contributed by atoms with Crippen molar-refractivity contribution in [2.24, 2.45) is 5.92 Å². The molecule has 0 aromatic carbocycles. The number of nitrogens with one attached hydrogen (secondary N) is 1. The van der Waals surface area contributed by atoms with Gasteiger partial charge in [0.25, 0.3) is 5.56 Å². The van der Waals surface area contributed by atoms with Crippen LogP contribution in [0.3, 0.4) is 0 Å². The van der Waals surface area contributed by atoms with Crippen molar-refractivity contribution in [1.29, 1.82) is 0 Å². The first-order valence-electron chi connectivity index (χ1n) is 7.60. The standard InChI is InChI=1S/C15H24BrN3O/c1-11(2)10-19-15(20)14(16)13(9-17-19)18-12-7-5-3-4-6-8-12/h9,11-12,18H,3-8,10H2,1-2H3. The molecule has 0 aliphatic heterocycles. The smallest absolute Gasteiger partial charge is 0.283 e. The van der Waals surface area contributed by atoms with Crippen molar-refractivity contribution in [1.82, 2.24) is 9.78 Å². The molecule has 4 nitrogen and oxygen atoms in total. The first-order valence-corrected chi connectivity index (χ1v) is 8.39. The minimum absolute atomic E-state index is 0.0441. The molecule has 1 aliphatic carbocycles. The predicted molar refractivity (Wildman–Crippen MR) is 86.1 cm³/mol. The zero-order chi connectivity index (χ0) is 14.5. The Morgan fingerprint density at radius 1 is 1.35 bits per heavy atom. The molecule has 0 radical (unpaired) electrons. The third-order valence-electron chi connectivity index (χ3n) is 3.74. The number of hydrogen-bond acceptors (Lipinski definition) is 3. The predicted octanol–water partition coefficient (Wildman–Crippen LogP) is 3.80. The van der Waals surface area contributed by atoms with Crippen LogP contribution in [0.25, 0.3) is 0 Å². The third-order valence-corrected chi connectivity index (χ3v) is 4.50. The van der Waals surface area contributed by atoms with Crippen LogP contribution in [0.5, 0.6) is 0 Å². The fraction of sp³-hybridized carbons (Fsp3) is 0.733. The van der Waals surface area contributed by atoms with Crippen molar-refractivity contribution in [3.63, 3.8) is 0 Å². The lowest BCUT2D eigenvalue weighted by Crippen LogP contribution is -2.28. The first kappa shape index (κ1) is 15.5. The molecule has 0 unspecified atom stereocenters. The molecule has 0 atom stereocenters. The summed E-state index contributed by atoms with van der Waals surface area (Å²) in [6, 6.07) is 0.468. The van der Waals surface area contributed by atoms with Crippen LogP contribution in [-0.2, 0) is 6.54 Å². The normalized spacial score (nSPS) is 17.2. The zero-order valence-corrected chi connectivity index (χ0v) is 13.9. The molecule has 20 heavy (non-hydrogen) atoms. The lowest BCUT2D eigenvalue weighted by molar-refractivity contribution is 0.462. The maximum Gasteiger partial charge on any atom is 0.283 e. The summed E-state index contributed by atoms with van der Waals surface area (Å²) in [6.07, 6.45) is 9.34. The van der Waals surface area contributed by atoms with Crippen molar-refractivity contribution < 1.29 is 0 Å². The highest BCUT2D eigenvalue weighted by Crippen LogP contribution is 2.23. The molecular formula is C15H24BrN3O. The number of nitrogens with zero attached hydrogens (tertiary/aromatic N) is 2. The molecule has 1 aromatic heterocycles. The van der Waals surface area contributed by atoms with Crippen LogP contribution in [0.15, 0.2) is 15.5 Å².